The third kappa shape index (κ3) is 3.72. The van der Waals surface area contributed by atoms with Gasteiger partial charge in [0.15, 0.2) is 0 Å². The average Bonchev–Trinajstić information content (AvgIpc) is 3.00. The number of β-amino-alcohol motifs (C(OH)–C–C–N with tert-alkyl or cyclic N) is 1. The van der Waals surface area contributed by atoms with Crippen molar-refractivity contribution in [1.82, 2.24) is 19.7 Å². The molecule has 0 saturated carbocycles. The zero-order chi connectivity index (χ0) is 16.3. The molecule has 2 aromatic rings. The summed E-state index contributed by atoms with van der Waals surface area (Å²) in [5.74, 6) is -1.46. The summed E-state index contributed by atoms with van der Waals surface area (Å²) in [4.78, 5) is 5.83. The zero-order valence-electron chi connectivity index (χ0n) is 12.5. The van der Waals surface area contributed by atoms with Crippen LogP contribution in [0.15, 0.2) is 30.9 Å². The van der Waals surface area contributed by atoms with E-state index in [1.807, 2.05) is 4.90 Å². The first-order chi connectivity index (χ1) is 11.1. The number of aromatic nitrogens is 3. The lowest BCUT2D eigenvalue weighted by Gasteiger charge is -2.36. The Morgan fingerprint density at radius 2 is 2.00 bits per heavy atom. The van der Waals surface area contributed by atoms with Gasteiger partial charge < -0.3 is 9.84 Å². The first-order valence-electron chi connectivity index (χ1n) is 7.37. The molecule has 1 atom stereocenters. The number of aliphatic hydroxyl groups is 1. The molecule has 1 aliphatic rings. The van der Waals surface area contributed by atoms with Crippen LogP contribution in [0, 0.1) is 11.6 Å². The molecule has 1 aliphatic heterocycles. The van der Waals surface area contributed by atoms with Crippen molar-refractivity contribution in [1.29, 1.82) is 0 Å². The molecule has 6 nitrogen and oxygen atoms in total. The molecule has 1 aromatic heterocycles. The normalized spacial score (nSPS) is 18.7. The number of ether oxygens (including phenoxy) is 1. The van der Waals surface area contributed by atoms with Crippen molar-refractivity contribution in [3.05, 3.63) is 48.1 Å². The molecular formula is C15H18F2N4O2. The number of hydrogen-bond acceptors (Lipinski definition) is 5. The Morgan fingerprint density at radius 1 is 1.22 bits per heavy atom. The number of morpholine rings is 1. The first-order valence-corrected chi connectivity index (χ1v) is 7.37. The van der Waals surface area contributed by atoms with Crippen LogP contribution in [0.3, 0.4) is 0 Å². The fraction of sp³-hybridized carbons (Fsp3) is 0.467. The molecule has 3 rings (SSSR count). The van der Waals surface area contributed by atoms with Crippen LogP contribution in [-0.2, 0) is 16.9 Å². The van der Waals surface area contributed by atoms with Crippen molar-refractivity contribution in [3.63, 3.8) is 0 Å². The summed E-state index contributed by atoms with van der Waals surface area (Å²) in [6.45, 7) is 2.62. The van der Waals surface area contributed by atoms with Crippen LogP contribution in [-0.4, -0.2) is 57.6 Å². The summed E-state index contributed by atoms with van der Waals surface area (Å²) in [5.41, 5.74) is -1.51. The molecule has 23 heavy (non-hydrogen) atoms. The van der Waals surface area contributed by atoms with Gasteiger partial charge in [0.05, 0.1) is 19.8 Å². The highest BCUT2D eigenvalue weighted by Gasteiger charge is 2.35. The molecular weight excluding hydrogens is 306 g/mol. The fourth-order valence-electron chi connectivity index (χ4n) is 2.80. The van der Waals surface area contributed by atoms with E-state index in [0.717, 1.165) is 12.1 Å². The topological polar surface area (TPSA) is 63.4 Å². The summed E-state index contributed by atoms with van der Waals surface area (Å²) in [6.07, 6.45) is 2.79. The first kappa shape index (κ1) is 16.0. The zero-order valence-corrected chi connectivity index (χ0v) is 12.5. The molecule has 0 spiro atoms. The summed E-state index contributed by atoms with van der Waals surface area (Å²) in [6, 6.07) is 3.20. The minimum atomic E-state index is -1.55. The molecule has 1 aromatic carbocycles. The average molecular weight is 324 g/mol. The van der Waals surface area contributed by atoms with Crippen molar-refractivity contribution < 1.29 is 18.6 Å². The molecule has 0 aliphatic carbocycles. The van der Waals surface area contributed by atoms with E-state index >= 15 is 0 Å². The van der Waals surface area contributed by atoms with E-state index in [1.165, 1.54) is 23.4 Å². The summed E-state index contributed by atoms with van der Waals surface area (Å²) >= 11 is 0. The molecule has 1 saturated heterocycles. The maximum absolute atomic E-state index is 14.2. The molecule has 0 bridgehead atoms. The Bertz CT molecular complexity index is 647. The molecule has 0 radical (unpaired) electrons. The monoisotopic (exact) mass is 324 g/mol. The Kier molecular flexibility index (Phi) is 4.65. The second-order valence-corrected chi connectivity index (χ2v) is 5.64. The number of halogens is 2. The molecule has 124 valence electrons. The van der Waals surface area contributed by atoms with Gasteiger partial charge in [0.25, 0.3) is 0 Å². The molecule has 1 fully saturated rings. The highest BCUT2D eigenvalue weighted by molar-refractivity contribution is 5.25. The number of nitrogens with zero attached hydrogens (tertiary/aromatic N) is 4. The lowest BCUT2D eigenvalue weighted by atomic mass is 9.92. The molecule has 1 N–H and O–H groups in total. The molecule has 1 unspecified atom stereocenters. The van der Waals surface area contributed by atoms with Crippen LogP contribution in [0.4, 0.5) is 8.78 Å². The molecule has 2 heterocycles. The minimum absolute atomic E-state index is 0.0207. The number of hydrogen-bond donors (Lipinski definition) is 1. The summed E-state index contributed by atoms with van der Waals surface area (Å²) in [7, 11) is 0. The Balaban J connectivity index is 1.90. The summed E-state index contributed by atoms with van der Waals surface area (Å²) in [5, 5.41) is 15.1. The molecule has 8 heteroatoms. The number of benzene rings is 1. The van der Waals surface area contributed by atoms with Crippen molar-refractivity contribution in [2.75, 3.05) is 32.8 Å². The van der Waals surface area contributed by atoms with Crippen LogP contribution in [0.25, 0.3) is 0 Å². The lowest BCUT2D eigenvalue weighted by Crippen LogP contribution is -2.48. The van der Waals surface area contributed by atoms with E-state index < -0.39 is 17.2 Å². The van der Waals surface area contributed by atoms with E-state index in [4.69, 9.17) is 4.74 Å². The lowest BCUT2D eigenvalue weighted by molar-refractivity contribution is -0.0485. The highest BCUT2D eigenvalue weighted by Crippen LogP contribution is 2.28. The van der Waals surface area contributed by atoms with Gasteiger partial charge in [0, 0.05) is 31.3 Å². The maximum atomic E-state index is 14.2. The van der Waals surface area contributed by atoms with Crippen LogP contribution in [0.2, 0.25) is 0 Å². The van der Waals surface area contributed by atoms with Crippen LogP contribution >= 0.6 is 0 Å². The summed E-state index contributed by atoms with van der Waals surface area (Å²) < 4.78 is 34.2. The predicted octanol–water partition coefficient (Wildman–Crippen LogP) is 0.776. The van der Waals surface area contributed by atoms with Crippen molar-refractivity contribution in [2.24, 2.45) is 0 Å². The Hall–Kier alpha value is -1.90. The van der Waals surface area contributed by atoms with Gasteiger partial charge in [0.2, 0.25) is 0 Å². The van der Waals surface area contributed by atoms with Crippen molar-refractivity contribution in [3.8, 4) is 0 Å². The fourth-order valence-corrected chi connectivity index (χ4v) is 2.80. The van der Waals surface area contributed by atoms with Gasteiger partial charge in [-0.3, -0.25) is 4.90 Å². The van der Waals surface area contributed by atoms with E-state index in [1.54, 1.807) is 0 Å². The van der Waals surface area contributed by atoms with Gasteiger partial charge >= 0.3 is 0 Å². The van der Waals surface area contributed by atoms with Gasteiger partial charge in [0.1, 0.15) is 29.9 Å². The number of rotatable bonds is 5. The quantitative estimate of drug-likeness (QED) is 0.880. The maximum Gasteiger partial charge on any atom is 0.137 e. The van der Waals surface area contributed by atoms with Gasteiger partial charge in [-0.25, -0.2) is 18.4 Å². The van der Waals surface area contributed by atoms with Crippen LogP contribution < -0.4 is 0 Å². The second kappa shape index (κ2) is 6.69. The van der Waals surface area contributed by atoms with Crippen molar-refractivity contribution >= 4 is 0 Å². The van der Waals surface area contributed by atoms with Crippen LogP contribution in [0.5, 0.6) is 0 Å². The van der Waals surface area contributed by atoms with E-state index in [0.29, 0.717) is 26.3 Å². The Morgan fingerprint density at radius 3 is 2.65 bits per heavy atom. The van der Waals surface area contributed by atoms with E-state index in [9.17, 15) is 13.9 Å². The van der Waals surface area contributed by atoms with E-state index in [-0.39, 0.29) is 18.7 Å². The standard InChI is InChI=1S/C15H18F2N4O2/c16-12-1-2-13(14(17)7-12)15(22,9-21-11-18-10-19-21)8-20-3-5-23-6-4-20/h1-2,7,10-11,22H,3-6,8-9H2. The minimum Gasteiger partial charge on any atom is -0.382 e. The van der Waals surface area contributed by atoms with Crippen molar-refractivity contribution in [2.45, 2.75) is 12.1 Å². The predicted molar refractivity (Wildman–Crippen MR) is 77.5 cm³/mol. The second-order valence-electron chi connectivity index (χ2n) is 5.64. The molecule has 0 amide bonds. The Labute approximate surface area is 132 Å². The van der Waals surface area contributed by atoms with E-state index in [2.05, 4.69) is 10.1 Å². The largest absolute Gasteiger partial charge is 0.382 e. The third-order valence-corrected chi connectivity index (χ3v) is 3.91. The van der Waals surface area contributed by atoms with Gasteiger partial charge in [-0.05, 0) is 6.07 Å². The third-order valence-electron chi connectivity index (χ3n) is 3.91. The highest BCUT2D eigenvalue weighted by atomic mass is 19.1. The van der Waals surface area contributed by atoms with Gasteiger partial charge in [-0.1, -0.05) is 6.07 Å². The van der Waals surface area contributed by atoms with Gasteiger partial charge in [-0.2, -0.15) is 5.10 Å². The smallest absolute Gasteiger partial charge is 0.137 e. The van der Waals surface area contributed by atoms with Gasteiger partial charge in [-0.15, -0.1) is 0 Å². The van der Waals surface area contributed by atoms with Crippen LogP contribution in [0.1, 0.15) is 5.56 Å². The SMILES string of the molecule is OC(CN1CCOCC1)(Cn1cncn1)c1ccc(F)cc1F.